The number of methoxy groups -OCH3 is 1. The third-order valence-electron chi connectivity index (χ3n) is 5.57. The van der Waals surface area contributed by atoms with Gasteiger partial charge in [-0.25, -0.2) is 0 Å². The molecule has 1 unspecified atom stereocenters. The highest BCUT2D eigenvalue weighted by atomic mass is 16.5. The van der Waals surface area contributed by atoms with Crippen LogP contribution >= 0.6 is 0 Å². The van der Waals surface area contributed by atoms with Gasteiger partial charge in [0.05, 0.1) is 18.7 Å². The van der Waals surface area contributed by atoms with E-state index in [0.29, 0.717) is 18.7 Å². The van der Waals surface area contributed by atoms with Gasteiger partial charge in [0.1, 0.15) is 5.75 Å². The molecule has 152 valence electrons. The zero-order valence-corrected chi connectivity index (χ0v) is 16.9. The molecule has 6 nitrogen and oxygen atoms in total. The van der Waals surface area contributed by atoms with Gasteiger partial charge in [-0.05, 0) is 67.1 Å². The molecule has 2 heterocycles. The molecule has 1 fully saturated rings. The second-order valence-corrected chi connectivity index (χ2v) is 7.67. The summed E-state index contributed by atoms with van der Waals surface area (Å²) in [5, 5.41) is 14.3. The molecule has 4 rings (SSSR count). The number of hydrogen-bond donors (Lipinski definition) is 3. The van der Waals surface area contributed by atoms with Crippen molar-refractivity contribution < 1.29 is 9.84 Å². The summed E-state index contributed by atoms with van der Waals surface area (Å²) in [4.78, 5) is 17.6. The summed E-state index contributed by atoms with van der Waals surface area (Å²) in [7, 11) is 1.61. The zero-order chi connectivity index (χ0) is 20.4. The van der Waals surface area contributed by atoms with Crippen LogP contribution in [0, 0.1) is 6.92 Å². The first-order chi connectivity index (χ1) is 14.0. The van der Waals surface area contributed by atoms with Crippen molar-refractivity contribution in [3.05, 3.63) is 63.9 Å². The molecule has 3 aromatic rings. The van der Waals surface area contributed by atoms with Gasteiger partial charge in [-0.3, -0.25) is 4.79 Å². The number of aryl methyl sites for hydroxylation is 1. The van der Waals surface area contributed by atoms with Gasteiger partial charge in [-0.1, -0.05) is 0 Å². The van der Waals surface area contributed by atoms with E-state index in [4.69, 9.17) is 4.74 Å². The fourth-order valence-corrected chi connectivity index (χ4v) is 3.91. The lowest BCUT2D eigenvalue weighted by atomic mass is 10.1. The van der Waals surface area contributed by atoms with E-state index in [1.165, 1.54) is 0 Å². The molecule has 1 aliphatic heterocycles. The van der Waals surface area contributed by atoms with Crippen LogP contribution in [0.25, 0.3) is 10.9 Å². The highest BCUT2D eigenvalue weighted by Gasteiger charge is 2.18. The number of fused-ring (bicyclic) bond motifs is 1. The summed E-state index contributed by atoms with van der Waals surface area (Å²) in [6.07, 6.45) is 1.64. The van der Waals surface area contributed by atoms with Crippen LogP contribution in [-0.2, 0) is 6.54 Å². The predicted molar refractivity (Wildman–Crippen MR) is 117 cm³/mol. The molecular weight excluding hydrogens is 366 g/mol. The Morgan fingerprint density at radius 3 is 2.86 bits per heavy atom. The Hall–Kier alpha value is -2.99. The molecule has 3 N–H and O–H groups in total. The van der Waals surface area contributed by atoms with Gasteiger partial charge in [0.15, 0.2) is 0 Å². The van der Waals surface area contributed by atoms with E-state index in [-0.39, 0.29) is 11.7 Å². The van der Waals surface area contributed by atoms with Crippen molar-refractivity contribution in [1.82, 2.24) is 4.98 Å². The minimum absolute atomic E-state index is 0.102. The van der Waals surface area contributed by atoms with E-state index >= 15 is 0 Å². The normalized spacial score (nSPS) is 16.8. The Kier molecular flexibility index (Phi) is 5.45. The number of aliphatic hydroxyl groups is 1. The quantitative estimate of drug-likeness (QED) is 0.619. The van der Waals surface area contributed by atoms with Crippen molar-refractivity contribution in [3.8, 4) is 5.75 Å². The number of benzene rings is 2. The number of rotatable bonds is 5. The summed E-state index contributed by atoms with van der Waals surface area (Å²) < 4.78 is 5.22. The number of aromatic amines is 1. The van der Waals surface area contributed by atoms with E-state index in [1.54, 1.807) is 7.11 Å². The van der Waals surface area contributed by atoms with Crippen molar-refractivity contribution in [1.29, 1.82) is 0 Å². The number of nitrogens with one attached hydrogen (secondary N) is 2. The molecule has 0 bridgehead atoms. The Morgan fingerprint density at radius 1 is 1.24 bits per heavy atom. The highest BCUT2D eigenvalue weighted by Crippen LogP contribution is 2.26. The minimum Gasteiger partial charge on any atom is -0.497 e. The second kappa shape index (κ2) is 8.17. The molecule has 0 saturated carbocycles. The highest BCUT2D eigenvalue weighted by molar-refractivity contribution is 5.80. The summed E-state index contributed by atoms with van der Waals surface area (Å²) in [6, 6.07) is 13.8. The number of pyridine rings is 1. The van der Waals surface area contributed by atoms with Gasteiger partial charge in [-0.15, -0.1) is 0 Å². The SMILES string of the molecule is COc1ccc2cc(CNc3ccc(N4CCCC(O)C4)cc3C)c(=O)[nH]c2c1. The van der Waals surface area contributed by atoms with Crippen molar-refractivity contribution in [3.63, 3.8) is 0 Å². The molecule has 0 aliphatic carbocycles. The van der Waals surface area contributed by atoms with Crippen LogP contribution in [0.15, 0.2) is 47.3 Å². The van der Waals surface area contributed by atoms with Gasteiger partial charge < -0.3 is 25.0 Å². The number of aliphatic hydroxyl groups excluding tert-OH is 1. The predicted octanol–water partition coefficient (Wildman–Crippen LogP) is 3.42. The molecule has 2 aromatic carbocycles. The number of hydrogen-bond acceptors (Lipinski definition) is 5. The molecule has 1 aromatic heterocycles. The average molecular weight is 393 g/mol. The molecule has 6 heteroatoms. The molecular formula is C23H27N3O3. The largest absolute Gasteiger partial charge is 0.497 e. The average Bonchev–Trinajstić information content (AvgIpc) is 2.72. The van der Waals surface area contributed by atoms with Gasteiger partial charge in [0.25, 0.3) is 5.56 Å². The van der Waals surface area contributed by atoms with E-state index in [0.717, 1.165) is 53.0 Å². The molecule has 29 heavy (non-hydrogen) atoms. The van der Waals surface area contributed by atoms with Gasteiger partial charge in [0, 0.05) is 42.6 Å². The van der Waals surface area contributed by atoms with Crippen LogP contribution in [0.3, 0.4) is 0 Å². The Labute approximate surface area is 170 Å². The molecule has 1 saturated heterocycles. The van der Waals surface area contributed by atoms with E-state index in [1.807, 2.05) is 30.3 Å². The second-order valence-electron chi connectivity index (χ2n) is 7.67. The van der Waals surface area contributed by atoms with Crippen molar-refractivity contribution >= 4 is 22.3 Å². The molecule has 1 aliphatic rings. The Morgan fingerprint density at radius 2 is 2.10 bits per heavy atom. The maximum Gasteiger partial charge on any atom is 0.253 e. The van der Waals surface area contributed by atoms with Crippen LogP contribution in [-0.4, -0.2) is 36.4 Å². The fraction of sp³-hybridized carbons (Fsp3) is 0.348. The molecule has 0 amide bonds. The van der Waals surface area contributed by atoms with Crippen LogP contribution in [0.4, 0.5) is 11.4 Å². The monoisotopic (exact) mass is 393 g/mol. The van der Waals surface area contributed by atoms with E-state index in [9.17, 15) is 9.90 Å². The smallest absolute Gasteiger partial charge is 0.253 e. The lowest BCUT2D eigenvalue weighted by molar-refractivity contribution is 0.154. The zero-order valence-electron chi connectivity index (χ0n) is 16.9. The first-order valence-electron chi connectivity index (χ1n) is 10.0. The van der Waals surface area contributed by atoms with Crippen LogP contribution in [0.5, 0.6) is 5.75 Å². The maximum absolute atomic E-state index is 12.5. The summed E-state index contributed by atoms with van der Waals surface area (Å²) in [6.45, 7) is 4.16. The first-order valence-corrected chi connectivity index (χ1v) is 10.0. The third kappa shape index (κ3) is 4.22. The van der Waals surface area contributed by atoms with E-state index < -0.39 is 0 Å². The summed E-state index contributed by atoms with van der Waals surface area (Å²) in [5.41, 5.74) is 4.59. The number of piperidine rings is 1. The van der Waals surface area contributed by atoms with Crippen molar-refractivity contribution in [2.45, 2.75) is 32.4 Å². The van der Waals surface area contributed by atoms with Crippen LogP contribution < -0.4 is 20.5 Å². The van der Waals surface area contributed by atoms with E-state index in [2.05, 4.69) is 34.3 Å². The number of aromatic nitrogens is 1. The molecule has 1 atom stereocenters. The summed E-state index contributed by atoms with van der Waals surface area (Å²) >= 11 is 0. The van der Waals surface area contributed by atoms with Crippen molar-refractivity contribution in [2.24, 2.45) is 0 Å². The first kappa shape index (κ1) is 19.3. The third-order valence-corrected chi connectivity index (χ3v) is 5.57. The maximum atomic E-state index is 12.5. The van der Waals surface area contributed by atoms with Gasteiger partial charge in [0.2, 0.25) is 0 Å². The fourth-order valence-electron chi connectivity index (χ4n) is 3.91. The van der Waals surface area contributed by atoms with Crippen LogP contribution in [0.1, 0.15) is 24.0 Å². The Balaban J connectivity index is 1.50. The standard InChI is InChI=1S/C23H27N3O3/c1-15-10-18(26-9-3-4-19(27)14-26)6-8-21(15)24-13-17-11-16-5-7-20(29-2)12-22(16)25-23(17)28/h5-8,10-12,19,24,27H,3-4,9,13-14H2,1-2H3,(H,25,28). The Bertz CT molecular complexity index is 1080. The lowest BCUT2D eigenvalue weighted by Gasteiger charge is -2.32. The van der Waals surface area contributed by atoms with Gasteiger partial charge >= 0.3 is 0 Å². The summed E-state index contributed by atoms with van der Waals surface area (Å²) in [5.74, 6) is 0.718. The lowest BCUT2D eigenvalue weighted by Crippen LogP contribution is -2.38. The molecule has 0 radical (unpaired) electrons. The topological polar surface area (TPSA) is 77.6 Å². The van der Waals surface area contributed by atoms with Gasteiger partial charge in [-0.2, -0.15) is 0 Å². The van der Waals surface area contributed by atoms with Crippen molar-refractivity contribution in [2.75, 3.05) is 30.4 Å². The number of anilines is 2. The number of nitrogens with zero attached hydrogens (tertiary/aromatic N) is 1. The van der Waals surface area contributed by atoms with Crippen LogP contribution in [0.2, 0.25) is 0 Å². The number of ether oxygens (including phenoxy) is 1. The minimum atomic E-state index is -0.249. The molecule has 0 spiro atoms. The number of β-amino-alcohol motifs (C(OH)–C–C–N with tert-alkyl or cyclic N) is 1. The number of H-pyrrole nitrogens is 1.